The van der Waals surface area contributed by atoms with Gasteiger partial charge in [0.15, 0.2) is 6.61 Å². The van der Waals surface area contributed by atoms with Crippen LogP contribution in [0.3, 0.4) is 0 Å². The Labute approximate surface area is 186 Å². The van der Waals surface area contributed by atoms with Crippen LogP contribution in [0.1, 0.15) is 18.4 Å². The second-order valence-corrected chi connectivity index (χ2v) is 9.72. The van der Waals surface area contributed by atoms with Crippen molar-refractivity contribution < 1.29 is 27.5 Å². The van der Waals surface area contributed by atoms with Gasteiger partial charge in [-0.3, -0.25) is 9.59 Å². The van der Waals surface area contributed by atoms with E-state index in [9.17, 15) is 18.0 Å². The molecular formula is C22H25N3O6S. The molecule has 0 atom stereocenters. The van der Waals surface area contributed by atoms with E-state index >= 15 is 0 Å². The predicted octanol–water partition coefficient (Wildman–Crippen LogP) is 2.37. The van der Waals surface area contributed by atoms with Crippen LogP contribution in [0.2, 0.25) is 0 Å². The van der Waals surface area contributed by atoms with Gasteiger partial charge in [-0.1, -0.05) is 12.1 Å². The van der Waals surface area contributed by atoms with Crippen LogP contribution in [0.4, 0.5) is 11.4 Å². The molecule has 2 aromatic carbocycles. The number of hydrogen-bond acceptors (Lipinski definition) is 6. The topological polar surface area (TPSA) is 114 Å². The number of anilines is 2. The molecule has 0 saturated carbocycles. The van der Waals surface area contributed by atoms with E-state index in [4.69, 9.17) is 9.47 Å². The Hall–Kier alpha value is -3.11. The Morgan fingerprint density at radius 3 is 2.66 bits per heavy atom. The number of fused-ring (bicyclic) bond motifs is 1. The highest BCUT2D eigenvalue weighted by Crippen LogP contribution is 2.35. The lowest BCUT2D eigenvalue weighted by molar-refractivity contribution is -0.121. The quantitative estimate of drug-likeness (QED) is 0.710. The third-order valence-corrected chi connectivity index (χ3v) is 7.76. The lowest BCUT2D eigenvalue weighted by atomic mass is 9.97. The maximum Gasteiger partial charge on any atom is 0.262 e. The Morgan fingerprint density at radius 1 is 1.22 bits per heavy atom. The molecule has 1 fully saturated rings. The molecule has 0 unspecified atom stereocenters. The third kappa shape index (κ3) is 4.28. The SMILES string of the molecule is COc1ccccc1NC(=O)C1CCN(S(=O)(=O)c2cc3c(cc2C)NC(=O)CO3)CC1. The molecule has 0 spiro atoms. The zero-order chi connectivity index (χ0) is 22.9. The summed E-state index contributed by atoms with van der Waals surface area (Å²) in [5.41, 5.74) is 1.57. The van der Waals surface area contributed by atoms with E-state index in [1.165, 1.54) is 17.5 Å². The molecule has 2 aliphatic rings. The fraction of sp³-hybridized carbons (Fsp3) is 0.364. The standard InChI is InChI=1S/C22H25N3O6S/c1-14-11-17-19(31-13-21(26)23-17)12-20(14)32(28,29)25-9-7-15(8-10-25)22(27)24-16-5-3-4-6-18(16)30-2/h3-6,11-12,15H,7-10,13H2,1-2H3,(H,23,26)(H,24,27). The smallest absolute Gasteiger partial charge is 0.262 e. The summed E-state index contributed by atoms with van der Waals surface area (Å²) < 4.78 is 38.6. The van der Waals surface area contributed by atoms with Crippen LogP contribution in [-0.2, 0) is 19.6 Å². The van der Waals surface area contributed by atoms with Crippen molar-refractivity contribution in [2.75, 3.05) is 37.4 Å². The van der Waals surface area contributed by atoms with Gasteiger partial charge in [0.2, 0.25) is 15.9 Å². The average Bonchev–Trinajstić information content (AvgIpc) is 2.78. The minimum Gasteiger partial charge on any atom is -0.495 e. The van der Waals surface area contributed by atoms with E-state index in [-0.39, 0.29) is 42.3 Å². The van der Waals surface area contributed by atoms with E-state index in [1.807, 2.05) is 12.1 Å². The normalized spacial score (nSPS) is 17.1. The Morgan fingerprint density at radius 2 is 1.94 bits per heavy atom. The van der Waals surface area contributed by atoms with Gasteiger partial charge in [-0.25, -0.2) is 8.42 Å². The lowest BCUT2D eigenvalue weighted by Crippen LogP contribution is -2.41. The number of rotatable bonds is 5. The molecule has 0 radical (unpaired) electrons. The van der Waals surface area contributed by atoms with Crippen molar-refractivity contribution in [3.63, 3.8) is 0 Å². The summed E-state index contributed by atoms with van der Waals surface area (Å²) in [7, 11) is -2.23. The van der Waals surface area contributed by atoms with Gasteiger partial charge in [0, 0.05) is 25.1 Å². The highest BCUT2D eigenvalue weighted by Gasteiger charge is 2.34. The minimum atomic E-state index is -3.77. The number of piperidine rings is 1. The summed E-state index contributed by atoms with van der Waals surface area (Å²) in [5, 5.41) is 5.56. The van der Waals surface area contributed by atoms with E-state index < -0.39 is 10.0 Å². The molecule has 0 bridgehead atoms. The van der Waals surface area contributed by atoms with Crippen LogP contribution in [0.25, 0.3) is 0 Å². The molecule has 2 aliphatic heterocycles. The molecule has 0 aliphatic carbocycles. The summed E-state index contributed by atoms with van der Waals surface area (Å²) in [6.07, 6.45) is 0.827. The van der Waals surface area contributed by atoms with Crippen LogP contribution in [0.15, 0.2) is 41.3 Å². The first kappa shape index (κ1) is 22.1. The molecule has 9 nitrogen and oxygen atoms in total. The van der Waals surface area contributed by atoms with E-state index in [0.29, 0.717) is 41.3 Å². The van der Waals surface area contributed by atoms with Crippen LogP contribution >= 0.6 is 0 Å². The molecule has 2 heterocycles. The average molecular weight is 460 g/mol. The fourth-order valence-electron chi connectivity index (χ4n) is 3.97. The van der Waals surface area contributed by atoms with Crippen molar-refractivity contribution in [1.29, 1.82) is 0 Å². The second-order valence-electron chi connectivity index (χ2n) is 7.82. The first-order valence-corrected chi connectivity index (χ1v) is 11.7. The second kappa shape index (κ2) is 8.79. The number of sulfonamides is 1. The fourth-order valence-corrected chi connectivity index (χ4v) is 5.67. The molecule has 1 saturated heterocycles. The number of para-hydroxylation sites is 2. The maximum atomic E-state index is 13.3. The van der Waals surface area contributed by atoms with Gasteiger partial charge in [0.1, 0.15) is 11.5 Å². The summed E-state index contributed by atoms with van der Waals surface area (Å²) in [5.74, 6) is 0.179. The predicted molar refractivity (Wildman–Crippen MR) is 118 cm³/mol. The minimum absolute atomic E-state index is 0.143. The van der Waals surface area contributed by atoms with Gasteiger partial charge in [-0.05, 0) is 43.5 Å². The van der Waals surface area contributed by atoms with Crippen LogP contribution < -0.4 is 20.1 Å². The zero-order valence-electron chi connectivity index (χ0n) is 17.9. The van der Waals surface area contributed by atoms with Crippen molar-refractivity contribution in [3.05, 3.63) is 42.0 Å². The number of carbonyl (C=O) groups excluding carboxylic acids is 2. The maximum absolute atomic E-state index is 13.3. The number of nitrogens with one attached hydrogen (secondary N) is 2. The lowest BCUT2D eigenvalue weighted by Gasteiger charge is -2.31. The number of hydrogen-bond donors (Lipinski definition) is 2. The van der Waals surface area contributed by atoms with Crippen LogP contribution in [0.5, 0.6) is 11.5 Å². The van der Waals surface area contributed by atoms with Crippen molar-refractivity contribution in [3.8, 4) is 11.5 Å². The number of nitrogens with zero attached hydrogens (tertiary/aromatic N) is 1. The summed E-state index contributed by atoms with van der Waals surface area (Å²) in [6.45, 7) is 2.00. The molecule has 2 N–H and O–H groups in total. The summed E-state index contributed by atoms with van der Waals surface area (Å²) >= 11 is 0. The van der Waals surface area contributed by atoms with Gasteiger partial charge in [-0.15, -0.1) is 0 Å². The molecular weight excluding hydrogens is 434 g/mol. The largest absolute Gasteiger partial charge is 0.495 e. The first-order valence-electron chi connectivity index (χ1n) is 10.3. The Bertz CT molecular complexity index is 1160. The highest BCUT2D eigenvalue weighted by atomic mass is 32.2. The van der Waals surface area contributed by atoms with E-state index in [0.717, 1.165) is 0 Å². The summed E-state index contributed by atoms with van der Waals surface area (Å²) in [6, 6.07) is 10.2. The Kier molecular flexibility index (Phi) is 6.07. The van der Waals surface area contributed by atoms with E-state index in [2.05, 4.69) is 10.6 Å². The highest BCUT2D eigenvalue weighted by molar-refractivity contribution is 7.89. The number of benzene rings is 2. The number of methoxy groups -OCH3 is 1. The van der Waals surface area contributed by atoms with Crippen molar-refractivity contribution in [1.82, 2.24) is 4.31 Å². The number of ether oxygens (including phenoxy) is 2. The molecule has 32 heavy (non-hydrogen) atoms. The Balaban J connectivity index is 1.45. The number of amides is 2. The molecule has 4 rings (SSSR count). The molecule has 2 aromatic rings. The molecule has 0 aromatic heterocycles. The van der Waals surface area contributed by atoms with E-state index in [1.54, 1.807) is 25.1 Å². The monoisotopic (exact) mass is 459 g/mol. The molecule has 10 heteroatoms. The van der Waals surface area contributed by atoms with Crippen molar-refractivity contribution in [2.45, 2.75) is 24.7 Å². The zero-order valence-corrected chi connectivity index (χ0v) is 18.7. The molecule has 2 amide bonds. The van der Waals surface area contributed by atoms with Gasteiger partial charge in [0.25, 0.3) is 5.91 Å². The number of carbonyl (C=O) groups is 2. The van der Waals surface area contributed by atoms with Crippen LogP contribution in [0, 0.1) is 12.8 Å². The third-order valence-electron chi connectivity index (χ3n) is 5.72. The van der Waals surface area contributed by atoms with Crippen molar-refractivity contribution in [2.24, 2.45) is 5.92 Å². The molecule has 170 valence electrons. The first-order chi connectivity index (χ1) is 15.3. The summed E-state index contributed by atoms with van der Waals surface area (Å²) in [4.78, 5) is 24.4. The van der Waals surface area contributed by atoms with Gasteiger partial charge < -0.3 is 20.1 Å². The van der Waals surface area contributed by atoms with Gasteiger partial charge in [-0.2, -0.15) is 4.31 Å². The van der Waals surface area contributed by atoms with Gasteiger partial charge >= 0.3 is 0 Å². The van der Waals surface area contributed by atoms with Crippen molar-refractivity contribution >= 4 is 33.2 Å². The van der Waals surface area contributed by atoms with Gasteiger partial charge in [0.05, 0.1) is 23.4 Å². The number of aryl methyl sites for hydroxylation is 1. The van der Waals surface area contributed by atoms with Crippen LogP contribution in [-0.4, -0.2) is 51.3 Å².